The molecule has 4 rings (SSSR count). The van der Waals surface area contributed by atoms with Crippen LogP contribution in [0.5, 0.6) is 5.75 Å². The Morgan fingerprint density at radius 1 is 1.03 bits per heavy atom. The molecule has 5 atom stereocenters. The van der Waals surface area contributed by atoms with Gasteiger partial charge in [-0.05, 0) is 54.7 Å². The molecule has 2 unspecified atom stereocenters. The molecule has 1 aliphatic carbocycles. The zero-order valence-corrected chi connectivity index (χ0v) is 19.7. The van der Waals surface area contributed by atoms with Gasteiger partial charge in [-0.2, -0.15) is 0 Å². The van der Waals surface area contributed by atoms with E-state index in [4.69, 9.17) is 30.5 Å². The van der Waals surface area contributed by atoms with Crippen molar-refractivity contribution in [1.82, 2.24) is 0 Å². The van der Waals surface area contributed by atoms with E-state index in [1.54, 1.807) is 18.2 Å². The van der Waals surface area contributed by atoms with Gasteiger partial charge in [0.25, 0.3) is 0 Å². The van der Waals surface area contributed by atoms with Crippen molar-refractivity contribution >= 4 is 11.6 Å². The summed E-state index contributed by atoms with van der Waals surface area (Å²) in [6.45, 7) is 0.519. The van der Waals surface area contributed by atoms with Crippen LogP contribution in [-0.4, -0.2) is 77.9 Å². The molecule has 186 valence electrons. The fourth-order valence-corrected chi connectivity index (χ4v) is 4.31. The van der Waals surface area contributed by atoms with Crippen LogP contribution in [0.1, 0.15) is 29.5 Å². The van der Waals surface area contributed by atoms with Gasteiger partial charge < -0.3 is 39.4 Å². The van der Waals surface area contributed by atoms with E-state index < -0.39 is 36.8 Å². The van der Waals surface area contributed by atoms with E-state index in [9.17, 15) is 20.4 Å². The van der Waals surface area contributed by atoms with Gasteiger partial charge in [0.1, 0.15) is 36.8 Å². The number of methoxy groups -OCH3 is 1. The number of benzene rings is 2. The smallest absolute Gasteiger partial charge is 0.224 e. The molecule has 4 N–H and O–H groups in total. The molecule has 34 heavy (non-hydrogen) atoms. The van der Waals surface area contributed by atoms with Gasteiger partial charge >= 0.3 is 0 Å². The monoisotopic (exact) mass is 494 g/mol. The Bertz CT molecular complexity index is 948. The molecule has 2 aliphatic rings. The van der Waals surface area contributed by atoms with Crippen LogP contribution in [0.4, 0.5) is 0 Å². The third-order valence-electron chi connectivity index (χ3n) is 6.25. The van der Waals surface area contributed by atoms with Crippen LogP contribution in [0.3, 0.4) is 0 Å². The van der Waals surface area contributed by atoms with Gasteiger partial charge in [-0.1, -0.05) is 29.8 Å². The highest BCUT2D eigenvalue weighted by Gasteiger charge is 2.55. The van der Waals surface area contributed by atoms with Gasteiger partial charge in [-0.3, -0.25) is 0 Å². The summed E-state index contributed by atoms with van der Waals surface area (Å²) in [5.74, 6) is -1.03. The zero-order chi connectivity index (χ0) is 24.3. The number of hydrogen-bond acceptors (Lipinski definition) is 8. The highest BCUT2D eigenvalue weighted by Crippen LogP contribution is 2.40. The van der Waals surface area contributed by atoms with Gasteiger partial charge in [0.15, 0.2) is 0 Å². The average Bonchev–Trinajstić information content (AvgIpc) is 3.68. The molecule has 2 aromatic rings. The van der Waals surface area contributed by atoms with E-state index in [0.717, 1.165) is 29.7 Å². The molecule has 9 heteroatoms. The number of hydrogen-bond donors (Lipinski definition) is 4. The van der Waals surface area contributed by atoms with E-state index in [0.29, 0.717) is 36.3 Å². The fraction of sp³-hybridized carbons (Fsp3) is 0.520. The first-order valence-corrected chi connectivity index (χ1v) is 11.8. The maximum Gasteiger partial charge on any atom is 0.224 e. The molecule has 1 saturated carbocycles. The zero-order valence-electron chi connectivity index (χ0n) is 19.0. The first-order valence-electron chi connectivity index (χ1n) is 11.4. The maximum atomic E-state index is 10.7. The highest BCUT2D eigenvalue weighted by atomic mass is 35.5. The molecule has 1 aliphatic heterocycles. The largest absolute Gasteiger partial charge is 0.491 e. The van der Waals surface area contributed by atoms with Gasteiger partial charge in [-0.25, -0.2) is 0 Å². The second-order valence-corrected chi connectivity index (χ2v) is 9.09. The standard InChI is InChI=1S/C25H31ClO8/c1-31-25(24(30)23(29)22(28)21(14-27)34-25)17-4-9-20(26)16(13-17)12-15-2-5-18(6-3-15)32-10-11-33-19-7-8-19/h2-6,9,13,19,21-24,27-30H,7-8,10-12,14H2,1H3/t21-,22-,23?,24?,25+/m1/s1. The number of halogens is 1. The van der Waals surface area contributed by atoms with E-state index >= 15 is 0 Å². The Balaban J connectivity index is 1.49. The quantitative estimate of drug-likeness (QED) is 0.369. The number of aliphatic hydroxyl groups is 4. The highest BCUT2D eigenvalue weighted by molar-refractivity contribution is 6.31. The number of aliphatic hydroxyl groups excluding tert-OH is 4. The van der Waals surface area contributed by atoms with E-state index in [1.807, 2.05) is 24.3 Å². The van der Waals surface area contributed by atoms with Crippen LogP contribution < -0.4 is 4.74 Å². The summed E-state index contributed by atoms with van der Waals surface area (Å²) in [7, 11) is 1.32. The molecule has 0 amide bonds. The van der Waals surface area contributed by atoms with E-state index in [1.165, 1.54) is 7.11 Å². The van der Waals surface area contributed by atoms with Crippen molar-refractivity contribution < 1.29 is 39.4 Å². The van der Waals surface area contributed by atoms with Gasteiger partial charge in [0.05, 0.1) is 19.3 Å². The summed E-state index contributed by atoms with van der Waals surface area (Å²) in [6, 6.07) is 12.7. The van der Waals surface area contributed by atoms with E-state index in [-0.39, 0.29) is 0 Å². The van der Waals surface area contributed by atoms with Crippen LogP contribution in [-0.2, 0) is 26.4 Å². The molecule has 8 nitrogen and oxygen atoms in total. The summed E-state index contributed by atoms with van der Waals surface area (Å²) in [4.78, 5) is 0. The second kappa shape index (κ2) is 10.9. The molecule has 1 heterocycles. The average molecular weight is 495 g/mol. The lowest BCUT2D eigenvalue weighted by molar-refractivity contribution is -0.366. The predicted octanol–water partition coefficient (Wildman–Crippen LogP) is 1.76. The Hall–Kier alpha value is -1.75. The van der Waals surface area contributed by atoms with Crippen molar-refractivity contribution in [3.05, 3.63) is 64.2 Å². The lowest BCUT2D eigenvalue weighted by Crippen LogP contribution is -2.64. The molecule has 2 fully saturated rings. The van der Waals surface area contributed by atoms with Crippen molar-refractivity contribution in [3.63, 3.8) is 0 Å². The Morgan fingerprint density at radius 3 is 2.41 bits per heavy atom. The summed E-state index contributed by atoms with van der Waals surface area (Å²) >= 11 is 6.45. The topological polar surface area (TPSA) is 118 Å². The first-order chi connectivity index (χ1) is 16.4. The van der Waals surface area contributed by atoms with Crippen molar-refractivity contribution in [2.24, 2.45) is 0 Å². The maximum absolute atomic E-state index is 10.7. The third kappa shape index (κ3) is 5.40. The van der Waals surface area contributed by atoms with Crippen molar-refractivity contribution in [1.29, 1.82) is 0 Å². The van der Waals surface area contributed by atoms with Gasteiger partial charge in [-0.15, -0.1) is 0 Å². The first kappa shape index (κ1) is 25.3. The van der Waals surface area contributed by atoms with Gasteiger partial charge in [0, 0.05) is 17.7 Å². The molecule has 0 bridgehead atoms. The molecular formula is C25H31ClO8. The molecule has 2 aromatic carbocycles. The van der Waals surface area contributed by atoms with Crippen molar-refractivity contribution in [2.75, 3.05) is 26.9 Å². The Labute approximate surface area is 203 Å². The third-order valence-corrected chi connectivity index (χ3v) is 6.62. The van der Waals surface area contributed by atoms with Crippen LogP contribution in [0.25, 0.3) is 0 Å². The second-order valence-electron chi connectivity index (χ2n) is 8.68. The predicted molar refractivity (Wildman–Crippen MR) is 124 cm³/mol. The normalized spacial score (nSPS) is 29.2. The summed E-state index contributed by atoms with van der Waals surface area (Å²) < 4.78 is 22.6. The lowest BCUT2D eigenvalue weighted by atomic mass is 9.87. The van der Waals surface area contributed by atoms with E-state index in [2.05, 4.69) is 0 Å². The SMILES string of the molecule is CO[C@@]1(c2ccc(Cl)c(Cc3ccc(OCCOC4CC4)cc3)c2)O[C@H](CO)[C@@H](O)C(O)C1O. The van der Waals surface area contributed by atoms with Crippen LogP contribution in [0.2, 0.25) is 5.02 Å². The molecule has 0 aromatic heterocycles. The minimum absolute atomic E-state index is 0.405. The Morgan fingerprint density at radius 2 is 1.76 bits per heavy atom. The number of rotatable bonds is 10. The molecule has 1 saturated heterocycles. The molecular weight excluding hydrogens is 464 g/mol. The lowest BCUT2D eigenvalue weighted by Gasteiger charge is -2.47. The number of ether oxygens (including phenoxy) is 4. The summed E-state index contributed by atoms with van der Waals surface area (Å²) in [6.07, 6.45) is -2.60. The summed E-state index contributed by atoms with van der Waals surface area (Å²) in [5.41, 5.74) is 2.14. The van der Waals surface area contributed by atoms with Crippen molar-refractivity contribution in [3.8, 4) is 5.75 Å². The summed E-state index contributed by atoms with van der Waals surface area (Å²) in [5, 5.41) is 41.3. The van der Waals surface area contributed by atoms with Crippen molar-refractivity contribution in [2.45, 2.75) is 55.6 Å². The van der Waals surface area contributed by atoms with Crippen LogP contribution in [0.15, 0.2) is 42.5 Å². The van der Waals surface area contributed by atoms with Crippen LogP contribution in [0, 0.1) is 0 Å². The molecule has 0 radical (unpaired) electrons. The molecule has 0 spiro atoms. The minimum Gasteiger partial charge on any atom is -0.491 e. The van der Waals surface area contributed by atoms with Gasteiger partial charge in [0.2, 0.25) is 5.79 Å². The fourth-order valence-electron chi connectivity index (χ4n) is 4.13. The Kier molecular flexibility index (Phi) is 8.12. The van der Waals surface area contributed by atoms with Crippen LogP contribution >= 0.6 is 11.6 Å². The minimum atomic E-state index is -1.79.